The maximum absolute atomic E-state index is 11.5. The molecule has 0 aliphatic rings. The van der Waals surface area contributed by atoms with E-state index in [2.05, 4.69) is 13.8 Å². The van der Waals surface area contributed by atoms with Crippen molar-refractivity contribution in [3.63, 3.8) is 0 Å². The van der Waals surface area contributed by atoms with E-state index in [0.717, 1.165) is 32.1 Å². The molecule has 0 bridgehead atoms. The Morgan fingerprint density at radius 1 is 0.621 bits per heavy atom. The van der Waals surface area contributed by atoms with Gasteiger partial charge in [-0.15, -0.1) is 0 Å². The molecule has 0 aliphatic carbocycles. The zero-order valence-corrected chi connectivity index (χ0v) is 23.6. The van der Waals surface area contributed by atoms with Gasteiger partial charge in [-0.3, -0.25) is 0 Å². The fraction of sp³-hybridized carbons (Fsp3) is 1.00. The number of aliphatic hydroxyl groups is 1. The van der Waals surface area contributed by atoms with Crippen LogP contribution in [0.15, 0.2) is 0 Å². The standard InChI is InChI=1S/C23H48O4S.K/c1-3-5-7-9-11-12-13-15-16-18-20-22(24)23(28(25,26)27)21-19-17-14-10-8-6-4-2;/h22-24H,3-21H2,1-2H3,(H,25,26,27);/q;+1/p-1. The molecule has 2 atom stereocenters. The van der Waals surface area contributed by atoms with E-state index in [1.807, 2.05) is 0 Å². The third-order valence-electron chi connectivity index (χ3n) is 5.75. The summed E-state index contributed by atoms with van der Waals surface area (Å²) in [7, 11) is -4.43. The van der Waals surface area contributed by atoms with Gasteiger partial charge in [-0.1, -0.05) is 123 Å². The minimum atomic E-state index is -4.43. The summed E-state index contributed by atoms with van der Waals surface area (Å²) in [5, 5.41) is 9.14. The molecular formula is C23H47KO4S. The maximum Gasteiger partial charge on any atom is 1.00 e. The van der Waals surface area contributed by atoms with Crippen molar-refractivity contribution in [3.05, 3.63) is 0 Å². The Balaban J connectivity index is 0. The van der Waals surface area contributed by atoms with Crippen molar-refractivity contribution in [1.29, 1.82) is 0 Å². The van der Waals surface area contributed by atoms with E-state index in [1.54, 1.807) is 0 Å². The molecule has 0 heterocycles. The summed E-state index contributed by atoms with van der Waals surface area (Å²) >= 11 is 0. The summed E-state index contributed by atoms with van der Waals surface area (Å²) in [6.07, 6.45) is 19.3. The first kappa shape index (κ1) is 32.7. The largest absolute Gasteiger partial charge is 1.00 e. The summed E-state index contributed by atoms with van der Waals surface area (Å²) in [5.74, 6) is 0. The minimum Gasteiger partial charge on any atom is -0.748 e. The Morgan fingerprint density at radius 2 is 0.931 bits per heavy atom. The molecule has 0 aromatic heterocycles. The number of aliphatic hydroxyl groups excluding tert-OH is 1. The third kappa shape index (κ3) is 21.1. The molecule has 0 radical (unpaired) electrons. The van der Waals surface area contributed by atoms with Gasteiger partial charge in [0, 0.05) is 0 Å². The second-order valence-corrected chi connectivity index (χ2v) is 10.1. The molecule has 0 spiro atoms. The number of unbranched alkanes of at least 4 members (excludes halogenated alkanes) is 15. The predicted molar refractivity (Wildman–Crippen MR) is 119 cm³/mol. The monoisotopic (exact) mass is 458 g/mol. The summed E-state index contributed by atoms with van der Waals surface area (Å²) in [6, 6.07) is 0. The van der Waals surface area contributed by atoms with E-state index in [-0.39, 0.29) is 51.4 Å². The topological polar surface area (TPSA) is 77.4 Å². The molecule has 0 saturated carbocycles. The van der Waals surface area contributed by atoms with E-state index < -0.39 is 21.5 Å². The zero-order chi connectivity index (χ0) is 21.1. The molecule has 0 aliphatic heterocycles. The van der Waals surface area contributed by atoms with Crippen LogP contribution in [-0.2, 0) is 10.1 Å². The molecule has 0 aromatic carbocycles. The first-order valence-electron chi connectivity index (χ1n) is 12.1. The quantitative estimate of drug-likeness (QED) is 0.162. The molecule has 1 N–H and O–H groups in total. The number of hydrogen-bond acceptors (Lipinski definition) is 4. The van der Waals surface area contributed by atoms with Gasteiger partial charge in [0.25, 0.3) is 0 Å². The van der Waals surface area contributed by atoms with Gasteiger partial charge in [0.15, 0.2) is 0 Å². The molecule has 0 fully saturated rings. The average molecular weight is 459 g/mol. The van der Waals surface area contributed by atoms with Crippen LogP contribution >= 0.6 is 0 Å². The molecule has 29 heavy (non-hydrogen) atoms. The fourth-order valence-electron chi connectivity index (χ4n) is 3.86. The van der Waals surface area contributed by atoms with Crippen LogP contribution in [0.2, 0.25) is 0 Å². The molecular weight excluding hydrogens is 411 g/mol. The Labute approximate surface area is 224 Å². The van der Waals surface area contributed by atoms with Crippen molar-refractivity contribution >= 4 is 10.1 Å². The molecule has 0 rings (SSSR count). The summed E-state index contributed by atoms with van der Waals surface area (Å²) < 4.78 is 34.6. The average Bonchev–Trinajstić information content (AvgIpc) is 2.64. The van der Waals surface area contributed by atoms with Crippen molar-refractivity contribution in [2.45, 2.75) is 147 Å². The van der Waals surface area contributed by atoms with Gasteiger partial charge in [0.2, 0.25) is 0 Å². The van der Waals surface area contributed by atoms with Crippen molar-refractivity contribution < 1.29 is 69.5 Å². The Kier molecular flexibility index (Phi) is 25.6. The molecule has 0 saturated heterocycles. The smallest absolute Gasteiger partial charge is 0.748 e. The van der Waals surface area contributed by atoms with E-state index in [9.17, 15) is 18.1 Å². The molecule has 2 unspecified atom stereocenters. The SMILES string of the molecule is CCCCCCCCCCCCC(O)C(CCCCCCCCC)S(=O)(=O)[O-].[K+]. The normalized spacial score (nSPS) is 13.8. The summed E-state index contributed by atoms with van der Waals surface area (Å²) in [5.41, 5.74) is 0. The molecule has 0 amide bonds. The first-order chi connectivity index (χ1) is 13.4. The van der Waals surface area contributed by atoms with Gasteiger partial charge in [-0.2, -0.15) is 0 Å². The van der Waals surface area contributed by atoms with Crippen LogP contribution in [0.4, 0.5) is 0 Å². The van der Waals surface area contributed by atoms with Crippen molar-refractivity contribution in [2.75, 3.05) is 0 Å². The van der Waals surface area contributed by atoms with Crippen molar-refractivity contribution in [2.24, 2.45) is 0 Å². The van der Waals surface area contributed by atoms with Crippen LogP contribution in [0, 0.1) is 0 Å². The van der Waals surface area contributed by atoms with Gasteiger partial charge in [0.05, 0.1) is 11.4 Å². The van der Waals surface area contributed by atoms with Crippen LogP contribution in [0.25, 0.3) is 0 Å². The summed E-state index contributed by atoms with van der Waals surface area (Å²) in [4.78, 5) is 0. The predicted octanol–water partition coefficient (Wildman–Crippen LogP) is 3.72. The van der Waals surface area contributed by atoms with Gasteiger partial charge >= 0.3 is 51.4 Å². The Bertz CT molecular complexity index is 429. The van der Waals surface area contributed by atoms with Crippen LogP contribution < -0.4 is 51.4 Å². The van der Waals surface area contributed by atoms with Gasteiger partial charge in [-0.25, -0.2) is 8.42 Å². The molecule has 6 heteroatoms. The number of hydrogen-bond donors (Lipinski definition) is 1. The van der Waals surface area contributed by atoms with E-state index in [0.29, 0.717) is 19.3 Å². The van der Waals surface area contributed by atoms with Crippen LogP contribution in [0.5, 0.6) is 0 Å². The van der Waals surface area contributed by atoms with Crippen LogP contribution in [0.3, 0.4) is 0 Å². The zero-order valence-electron chi connectivity index (χ0n) is 19.7. The number of rotatable bonds is 21. The molecule has 4 nitrogen and oxygen atoms in total. The van der Waals surface area contributed by atoms with Crippen LogP contribution in [0.1, 0.15) is 136 Å². The summed E-state index contributed by atoms with van der Waals surface area (Å²) in [6.45, 7) is 4.41. The van der Waals surface area contributed by atoms with Gasteiger partial charge in [-0.05, 0) is 12.8 Å². The molecule has 0 aromatic rings. The first-order valence-corrected chi connectivity index (χ1v) is 13.5. The third-order valence-corrected chi connectivity index (χ3v) is 7.04. The maximum atomic E-state index is 11.5. The minimum absolute atomic E-state index is 0. The van der Waals surface area contributed by atoms with Gasteiger partial charge in [0.1, 0.15) is 10.1 Å². The second kappa shape index (κ2) is 22.7. The van der Waals surface area contributed by atoms with Gasteiger partial charge < -0.3 is 9.66 Å². The second-order valence-electron chi connectivity index (χ2n) is 8.48. The Hall–Kier alpha value is 1.51. The van der Waals surface area contributed by atoms with Crippen LogP contribution in [-0.4, -0.2) is 29.4 Å². The van der Waals surface area contributed by atoms with E-state index in [1.165, 1.54) is 70.6 Å². The van der Waals surface area contributed by atoms with Crippen molar-refractivity contribution in [1.82, 2.24) is 0 Å². The van der Waals surface area contributed by atoms with Crippen molar-refractivity contribution in [3.8, 4) is 0 Å². The Morgan fingerprint density at radius 3 is 1.28 bits per heavy atom. The fourth-order valence-corrected chi connectivity index (χ4v) is 4.83. The van der Waals surface area contributed by atoms with E-state index >= 15 is 0 Å². The van der Waals surface area contributed by atoms with E-state index in [4.69, 9.17) is 0 Å². The molecule has 170 valence electrons.